The summed E-state index contributed by atoms with van der Waals surface area (Å²) in [6.45, 7) is 5.02. The topological polar surface area (TPSA) is 25.4 Å². The quantitative estimate of drug-likeness (QED) is 0.635. The van der Waals surface area contributed by atoms with Crippen molar-refractivity contribution in [2.24, 2.45) is 0 Å². The highest BCUT2D eigenvalue weighted by atomic mass is 32.2. The summed E-state index contributed by atoms with van der Waals surface area (Å²) in [6.07, 6.45) is 3.80. The Kier molecular flexibility index (Phi) is 4.80. The number of benzene rings is 1. The van der Waals surface area contributed by atoms with Crippen LogP contribution in [0.4, 0.5) is 4.39 Å². The van der Waals surface area contributed by atoms with Crippen molar-refractivity contribution in [1.82, 2.24) is 4.40 Å². The molecule has 0 spiro atoms. The fourth-order valence-corrected chi connectivity index (χ4v) is 6.66. The highest BCUT2D eigenvalue weighted by molar-refractivity contribution is 8.20. The van der Waals surface area contributed by atoms with E-state index in [0.717, 1.165) is 16.8 Å². The number of pyridine rings is 1. The number of fused-ring (bicyclic) bond motifs is 1. The van der Waals surface area contributed by atoms with Gasteiger partial charge in [0.2, 0.25) is 0 Å². The van der Waals surface area contributed by atoms with Crippen LogP contribution in [0.3, 0.4) is 0 Å². The number of aromatic nitrogens is 2. The third-order valence-corrected chi connectivity index (χ3v) is 8.27. The Morgan fingerprint density at radius 2 is 1.77 bits per heavy atom. The maximum absolute atomic E-state index is 13.2. The van der Waals surface area contributed by atoms with Crippen LogP contribution >= 0.6 is 23.5 Å². The summed E-state index contributed by atoms with van der Waals surface area (Å²) in [7, 11) is 0. The molecule has 2 unspecified atom stereocenters. The van der Waals surface area contributed by atoms with Crippen LogP contribution < -0.4 is 10.1 Å². The minimum atomic E-state index is -0.240. The Bertz CT molecular complexity index is 993. The Hall–Kier alpha value is -1.79. The van der Waals surface area contributed by atoms with Crippen LogP contribution in [-0.2, 0) is 6.54 Å². The molecule has 6 heteroatoms. The van der Waals surface area contributed by atoms with Gasteiger partial charge in [-0.2, -0.15) is 4.40 Å². The van der Waals surface area contributed by atoms with Crippen LogP contribution in [0.25, 0.3) is 5.65 Å². The van der Waals surface area contributed by atoms with E-state index in [4.69, 9.17) is 0 Å². The van der Waals surface area contributed by atoms with Crippen LogP contribution in [0.2, 0.25) is 0 Å². The van der Waals surface area contributed by atoms with E-state index >= 15 is 0 Å². The Morgan fingerprint density at radius 3 is 2.46 bits per heavy atom. The molecule has 3 nitrogen and oxygen atoms in total. The van der Waals surface area contributed by atoms with Gasteiger partial charge in [-0.1, -0.05) is 32.0 Å². The van der Waals surface area contributed by atoms with Crippen molar-refractivity contribution in [2.45, 2.75) is 35.5 Å². The highest BCUT2D eigenvalue weighted by Crippen LogP contribution is 2.52. The first-order valence-electron chi connectivity index (χ1n) is 8.62. The Balaban J connectivity index is 1.82. The van der Waals surface area contributed by atoms with E-state index in [1.54, 1.807) is 16.5 Å². The van der Waals surface area contributed by atoms with E-state index in [0.29, 0.717) is 17.0 Å². The summed E-state index contributed by atoms with van der Waals surface area (Å²) < 4.78 is 17.2. The summed E-state index contributed by atoms with van der Waals surface area (Å²) in [5.41, 5.74) is 2.70. The number of thioether (sulfide) groups is 2. The lowest BCUT2D eigenvalue weighted by Gasteiger charge is -2.10. The minimum Gasteiger partial charge on any atom is -0.240 e. The third-order valence-electron chi connectivity index (χ3n) is 4.75. The second kappa shape index (κ2) is 7.08. The first kappa shape index (κ1) is 17.6. The zero-order valence-electron chi connectivity index (χ0n) is 14.6. The average molecular weight is 388 g/mol. The first-order valence-corrected chi connectivity index (χ1v) is 10.5. The van der Waals surface area contributed by atoms with Gasteiger partial charge in [-0.15, -0.1) is 23.5 Å². The van der Waals surface area contributed by atoms with Gasteiger partial charge in [0.15, 0.2) is 0 Å². The van der Waals surface area contributed by atoms with Crippen LogP contribution in [0.15, 0.2) is 59.7 Å². The smallest absolute Gasteiger partial charge is 0.240 e. The second-order valence-electron chi connectivity index (χ2n) is 6.59. The molecule has 2 atom stereocenters. The third kappa shape index (κ3) is 3.28. The van der Waals surface area contributed by atoms with E-state index in [1.165, 1.54) is 12.1 Å². The van der Waals surface area contributed by atoms with Crippen molar-refractivity contribution in [3.05, 3.63) is 82.2 Å². The normalized spacial score (nSPS) is 22.8. The van der Waals surface area contributed by atoms with Crippen LogP contribution in [0, 0.1) is 5.82 Å². The summed E-state index contributed by atoms with van der Waals surface area (Å²) >= 11 is 3.71. The van der Waals surface area contributed by atoms with Gasteiger partial charge >= 0.3 is 5.56 Å². The van der Waals surface area contributed by atoms with Gasteiger partial charge in [0.05, 0.1) is 10.8 Å². The van der Waals surface area contributed by atoms with E-state index in [1.807, 2.05) is 54.1 Å². The molecule has 1 fully saturated rings. The lowest BCUT2D eigenvalue weighted by atomic mass is 10.2. The van der Waals surface area contributed by atoms with Gasteiger partial charge in [-0.25, -0.2) is 13.8 Å². The zero-order chi connectivity index (χ0) is 18.3. The average Bonchev–Trinajstić information content (AvgIpc) is 2.98. The molecule has 3 aromatic rings. The van der Waals surface area contributed by atoms with Gasteiger partial charge in [0.25, 0.3) is 5.65 Å². The molecular formula is C20H20FN2OS2+. The lowest BCUT2D eigenvalue weighted by Crippen LogP contribution is -2.41. The molecule has 2 aromatic heterocycles. The van der Waals surface area contributed by atoms with E-state index in [2.05, 4.69) is 18.4 Å². The molecule has 0 amide bonds. The minimum absolute atomic E-state index is 0.0438. The predicted molar refractivity (Wildman–Crippen MR) is 106 cm³/mol. The highest BCUT2D eigenvalue weighted by Gasteiger charge is 2.34. The predicted octanol–water partition coefficient (Wildman–Crippen LogP) is 4.03. The maximum Gasteiger partial charge on any atom is 0.347 e. The molecule has 1 aliphatic heterocycles. The van der Waals surface area contributed by atoms with Crippen LogP contribution in [-0.4, -0.2) is 14.9 Å². The molecule has 0 saturated carbocycles. The van der Waals surface area contributed by atoms with Gasteiger partial charge in [0.1, 0.15) is 24.1 Å². The molecule has 134 valence electrons. The molecule has 1 saturated heterocycles. The molecule has 3 heterocycles. The zero-order valence-corrected chi connectivity index (χ0v) is 16.3. The summed E-state index contributed by atoms with van der Waals surface area (Å²) in [5, 5.41) is 1.04. The van der Waals surface area contributed by atoms with Crippen molar-refractivity contribution in [3.8, 4) is 0 Å². The lowest BCUT2D eigenvalue weighted by molar-refractivity contribution is -0.666. The molecule has 1 aliphatic rings. The van der Waals surface area contributed by atoms with Crippen molar-refractivity contribution < 1.29 is 8.96 Å². The number of nitrogens with zero attached hydrogens (tertiary/aromatic N) is 2. The molecule has 26 heavy (non-hydrogen) atoms. The molecule has 0 aliphatic carbocycles. The number of hydrogen-bond donors (Lipinski definition) is 0. The van der Waals surface area contributed by atoms with Crippen molar-refractivity contribution in [1.29, 1.82) is 0 Å². The molecule has 0 bridgehead atoms. The van der Waals surface area contributed by atoms with Crippen molar-refractivity contribution in [3.63, 3.8) is 0 Å². The summed E-state index contributed by atoms with van der Waals surface area (Å²) in [5.74, 6) is -0.240. The standard InChI is InChI=1S/C20H20FN2OS2/c1-13-14(2)26-20(25-13)17-12-22(11-15-6-8-16(21)9-7-15)18-5-3-4-10-23(18)19(17)24/h3-10,12-14,20H,11H2,1-2H3/q+1. The fourth-order valence-electron chi connectivity index (χ4n) is 3.13. The monoisotopic (exact) mass is 387 g/mol. The Labute approximate surface area is 160 Å². The molecule has 1 aromatic carbocycles. The van der Waals surface area contributed by atoms with Crippen LogP contribution in [0.1, 0.15) is 29.6 Å². The van der Waals surface area contributed by atoms with E-state index < -0.39 is 0 Å². The van der Waals surface area contributed by atoms with Crippen molar-refractivity contribution >= 4 is 29.2 Å². The first-order chi connectivity index (χ1) is 12.5. The van der Waals surface area contributed by atoms with E-state index in [-0.39, 0.29) is 16.0 Å². The van der Waals surface area contributed by atoms with Gasteiger partial charge < -0.3 is 0 Å². The number of halogens is 1. The number of rotatable bonds is 3. The molecule has 0 radical (unpaired) electrons. The van der Waals surface area contributed by atoms with Gasteiger partial charge in [0, 0.05) is 16.6 Å². The number of hydrogen-bond acceptors (Lipinski definition) is 3. The van der Waals surface area contributed by atoms with Gasteiger partial charge in [-0.3, -0.25) is 0 Å². The Morgan fingerprint density at radius 1 is 1.08 bits per heavy atom. The van der Waals surface area contributed by atoms with Crippen LogP contribution in [0.5, 0.6) is 0 Å². The molecule has 0 N–H and O–H groups in total. The fraction of sp³-hybridized carbons (Fsp3) is 0.300. The van der Waals surface area contributed by atoms with E-state index in [9.17, 15) is 9.18 Å². The molecular weight excluding hydrogens is 367 g/mol. The summed E-state index contributed by atoms with van der Waals surface area (Å²) in [6, 6.07) is 12.3. The maximum atomic E-state index is 13.2. The molecule has 4 rings (SSSR count). The SMILES string of the molecule is CC1SC(c2c[n+](Cc3ccc(F)cc3)c3ccccn3c2=O)SC1C. The summed E-state index contributed by atoms with van der Waals surface area (Å²) in [4.78, 5) is 13.1. The largest absolute Gasteiger partial charge is 0.347 e. The second-order valence-corrected chi connectivity index (χ2v) is 9.86. The van der Waals surface area contributed by atoms with Crippen molar-refractivity contribution in [2.75, 3.05) is 0 Å². The van der Waals surface area contributed by atoms with Gasteiger partial charge in [-0.05, 0) is 23.8 Å².